The van der Waals surface area contributed by atoms with Gasteiger partial charge in [0, 0.05) is 10.5 Å². The van der Waals surface area contributed by atoms with Gasteiger partial charge in [0.25, 0.3) is 0 Å². The van der Waals surface area contributed by atoms with Crippen molar-refractivity contribution in [2.24, 2.45) is 0 Å². The van der Waals surface area contributed by atoms with Gasteiger partial charge >= 0.3 is 0 Å². The molecule has 0 aliphatic carbocycles. The SMILES string of the molecule is O=S(=O)(c1ccc(Br)cc1)c1cc(F)cc(F)c1. The molecular weight excluding hydrogens is 326 g/mol. The fraction of sp³-hybridized carbons (Fsp3) is 0. The first-order valence-corrected chi connectivity index (χ1v) is 7.14. The fourth-order valence-corrected chi connectivity index (χ4v) is 3.00. The van der Waals surface area contributed by atoms with E-state index < -0.39 is 26.4 Å². The van der Waals surface area contributed by atoms with Crippen molar-refractivity contribution in [3.05, 3.63) is 58.6 Å². The lowest BCUT2D eigenvalue weighted by atomic mass is 10.3. The molecule has 18 heavy (non-hydrogen) atoms. The summed E-state index contributed by atoms with van der Waals surface area (Å²) in [6.07, 6.45) is 0. The highest BCUT2D eigenvalue weighted by Gasteiger charge is 2.19. The van der Waals surface area contributed by atoms with Crippen molar-refractivity contribution in [2.75, 3.05) is 0 Å². The van der Waals surface area contributed by atoms with Gasteiger partial charge in [-0.05, 0) is 36.4 Å². The third-order valence-electron chi connectivity index (χ3n) is 2.27. The molecule has 2 nitrogen and oxygen atoms in total. The highest BCUT2D eigenvalue weighted by atomic mass is 79.9. The fourth-order valence-electron chi connectivity index (χ4n) is 1.43. The average molecular weight is 333 g/mol. The minimum absolute atomic E-state index is 0.0179. The molecule has 0 fully saturated rings. The summed E-state index contributed by atoms with van der Waals surface area (Å²) in [6.45, 7) is 0. The van der Waals surface area contributed by atoms with Gasteiger partial charge in [0.2, 0.25) is 9.84 Å². The molecule has 2 aromatic rings. The monoisotopic (exact) mass is 332 g/mol. The third-order valence-corrected chi connectivity index (χ3v) is 4.55. The third kappa shape index (κ3) is 2.59. The van der Waals surface area contributed by atoms with Gasteiger partial charge < -0.3 is 0 Å². The molecule has 0 heterocycles. The number of rotatable bonds is 2. The van der Waals surface area contributed by atoms with Crippen molar-refractivity contribution in [2.45, 2.75) is 9.79 Å². The highest BCUT2D eigenvalue weighted by Crippen LogP contribution is 2.23. The van der Waals surface area contributed by atoms with Crippen molar-refractivity contribution in [1.82, 2.24) is 0 Å². The molecule has 0 amide bonds. The number of sulfone groups is 1. The van der Waals surface area contributed by atoms with E-state index in [1.807, 2.05) is 0 Å². The van der Waals surface area contributed by atoms with Crippen molar-refractivity contribution in [1.29, 1.82) is 0 Å². The second-order valence-electron chi connectivity index (χ2n) is 3.56. The number of hydrogen-bond donors (Lipinski definition) is 0. The van der Waals surface area contributed by atoms with E-state index in [2.05, 4.69) is 15.9 Å². The predicted molar refractivity (Wildman–Crippen MR) is 66.0 cm³/mol. The first-order chi connectivity index (χ1) is 8.39. The van der Waals surface area contributed by atoms with E-state index in [-0.39, 0.29) is 4.90 Å². The summed E-state index contributed by atoms with van der Waals surface area (Å²) in [7, 11) is -3.90. The Morgan fingerprint density at radius 2 is 1.33 bits per heavy atom. The van der Waals surface area contributed by atoms with Crippen LogP contribution in [0, 0.1) is 11.6 Å². The summed E-state index contributed by atoms with van der Waals surface area (Å²) in [5, 5.41) is 0. The molecule has 0 saturated carbocycles. The summed E-state index contributed by atoms with van der Waals surface area (Å²) in [5.41, 5.74) is 0. The molecule has 0 N–H and O–H groups in total. The van der Waals surface area contributed by atoms with Crippen LogP contribution in [0.5, 0.6) is 0 Å². The van der Waals surface area contributed by atoms with E-state index in [0.29, 0.717) is 10.5 Å². The Morgan fingerprint density at radius 3 is 1.83 bits per heavy atom. The first kappa shape index (κ1) is 13.2. The molecule has 6 heteroatoms. The van der Waals surface area contributed by atoms with Crippen LogP contribution in [0.25, 0.3) is 0 Å². The summed E-state index contributed by atoms with van der Waals surface area (Å²) in [6, 6.07) is 8.02. The van der Waals surface area contributed by atoms with Gasteiger partial charge in [0.15, 0.2) is 0 Å². The maximum atomic E-state index is 13.0. The van der Waals surface area contributed by atoms with Gasteiger partial charge in [0.1, 0.15) is 11.6 Å². The quantitative estimate of drug-likeness (QED) is 0.842. The van der Waals surface area contributed by atoms with E-state index in [9.17, 15) is 17.2 Å². The van der Waals surface area contributed by atoms with Gasteiger partial charge in [-0.15, -0.1) is 0 Å². The smallest absolute Gasteiger partial charge is 0.206 e. The van der Waals surface area contributed by atoms with Gasteiger partial charge in [-0.1, -0.05) is 15.9 Å². The Morgan fingerprint density at radius 1 is 0.833 bits per heavy atom. The maximum absolute atomic E-state index is 13.0. The largest absolute Gasteiger partial charge is 0.219 e. The van der Waals surface area contributed by atoms with Crippen LogP contribution >= 0.6 is 15.9 Å². The Balaban J connectivity index is 2.57. The molecule has 2 aromatic carbocycles. The van der Waals surface area contributed by atoms with E-state index in [1.165, 1.54) is 12.1 Å². The standard InChI is InChI=1S/C12H7BrF2O2S/c13-8-1-3-11(4-2-8)18(16,17)12-6-9(14)5-10(15)7-12/h1-7H. The first-order valence-electron chi connectivity index (χ1n) is 4.86. The van der Waals surface area contributed by atoms with E-state index in [4.69, 9.17) is 0 Å². The molecule has 0 bridgehead atoms. The Labute approximate surface area is 111 Å². The lowest BCUT2D eigenvalue weighted by molar-refractivity contribution is 0.567. The lowest BCUT2D eigenvalue weighted by Crippen LogP contribution is -2.03. The molecule has 0 atom stereocenters. The molecule has 0 aromatic heterocycles. The second-order valence-corrected chi connectivity index (χ2v) is 6.43. The predicted octanol–water partition coefficient (Wildman–Crippen LogP) is 3.56. The molecule has 0 saturated heterocycles. The van der Waals surface area contributed by atoms with Crippen LogP contribution in [0.2, 0.25) is 0 Å². The summed E-state index contributed by atoms with van der Waals surface area (Å²) in [5.74, 6) is -1.85. The number of halogens is 3. The van der Waals surface area contributed by atoms with Gasteiger partial charge in [-0.2, -0.15) is 0 Å². The van der Waals surface area contributed by atoms with Crippen LogP contribution in [0.3, 0.4) is 0 Å². The Kier molecular flexibility index (Phi) is 3.49. The van der Waals surface area contributed by atoms with Gasteiger partial charge in [-0.25, -0.2) is 17.2 Å². The summed E-state index contributed by atoms with van der Waals surface area (Å²) >= 11 is 3.18. The minimum atomic E-state index is -3.90. The molecule has 0 unspecified atom stereocenters. The van der Waals surface area contributed by atoms with Crippen LogP contribution in [0.4, 0.5) is 8.78 Å². The summed E-state index contributed by atoms with van der Waals surface area (Å²) in [4.78, 5) is -0.418. The lowest BCUT2D eigenvalue weighted by Gasteiger charge is -2.05. The van der Waals surface area contributed by atoms with Crippen molar-refractivity contribution in [3.63, 3.8) is 0 Å². The molecule has 94 valence electrons. The molecule has 0 aliphatic rings. The van der Waals surface area contributed by atoms with E-state index >= 15 is 0 Å². The van der Waals surface area contributed by atoms with Crippen LogP contribution in [-0.2, 0) is 9.84 Å². The molecule has 2 rings (SSSR count). The topological polar surface area (TPSA) is 34.1 Å². The molecule has 0 aliphatic heterocycles. The maximum Gasteiger partial charge on any atom is 0.206 e. The van der Waals surface area contributed by atoms with Crippen LogP contribution < -0.4 is 0 Å². The van der Waals surface area contributed by atoms with Crippen LogP contribution in [0.15, 0.2) is 56.7 Å². The molecular formula is C12H7BrF2O2S. The highest BCUT2D eigenvalue weighted by molar-refractivity contribution is 9.10. The van der Waals surface area contributed by atoms with Crippen LogP contribution in [0.1, 0.15) is 0 Å². The van der Waals surface area contributed by atoms with Crippen molar-refractivity contribution in [3.8, 4) is 0 Å². The zero-order valence-electron chi connectivity index (χ0n) is 8.90. The van der Waals surface area contributed by atoms with Gasteiger partial charge in [0.05, 0.1) is 9.79 Å². The van der Waals surface area contributed by atoms with Gasteiger partial charge in [-0.3, -0.25) is 0 Å². The second kappa shape index (κ2) is 4.78. The van der Waals surface area contributed by atoms with Crippen molar-refractivity contribution < 1.29 is 17.2 Å². The molecule has 0 spiro atoms. The number of benzene rings is 2. The van der Waals surface area contributed by atoms with Crippen molar-refractivity contribution >= 4 is 25.8 Å². The Hall–Kier alpha value is -1.27. The Bertz CT molecular complexity index is 661. The average Bonchev–Trinajstić information content (AvgIpc) is 2.28. The van der Waals surface area contributed by atoms with E-state index in [1.54, 1.807) is 12.1 Å². The summed E-state index contributed by atoms with van der Waals surface area (Å²) < 4.78 is 51.0. The molecule has 0 radical (unpaired) electrons. The zero-order valence-corrected chi connectivity index (χ0v) is 11.3. The van der Waals surface area contributed by atoms with E-state index in [0.717, 1.165) is 12.1 Å². The number of hydrogen-bond acceptors (Lipinski definition) is 2. The van der Waals surface area contributed by atoms with Crippen LogP contribution in [-0.4, -0.2) is 8.42 Å². The normalized spacial score (nSPS) is 11.5. The minimum Gasteiger partial charge on any atom is -0.219 e. The zero-order chi connectivity index (χ0) is 13.3.